The van der Waals surface area contributed by atoms with Crippen molar-refractivity contribution in [3.8, 4) is 11.5 Å². The monoisotopic (exact) mass is 341 g/mol. The standard InChI is InChI=1S/C22H31NO2/c1-4-5-6-9-15-24-21-13-10-12-20(16-21)23-17-19(3)25-22-14-8-7-11-18(22)2/h7-8,10-14,16,19,23H,4-6,9,15,17H2,1-3H3. The smallest absolute Gasteiger partial charge is 0.122 e. The van der Waals surface area contributed by atoms with E-state index in [4.69, 9.17) is 9.47 Å². The zero-order valence-corrected chi connectivity index (χ0v) is 15.8. The third kappa shape index (κ3) is 7.08. The molecule has 0 aliphatic heterocycles. The second-order valence-corrected chi connectivity index (χ2v) is 6.51. The topological polar surface area (TPSA) is 30.5 Å². The molecule has 0 fully saturated rings. The summed E-state index contributed by atoms with van der Waals surface area (Å²) in [4.78, 5) is 0. The molecule has 25 heavy (non-hydrogen) atoms. The van der Waals surface area contributed by atoms with E-state index in [0.29, 0.717) is 0 Å². The van der Waals surface area contributed by atoms with Gasteiger partial charge in [-0.3, -0.25) is 0 Å². The van der Waals surface area contributed by atoms with E-state index >= 15 is 0 Å². The first-order valence-corrected chi connectivity index (χ1v) is 9.38. The summed E-state index contributed by atoms with van der Waals surface area (Å²) >= 11 is 0. The van der Waals surface area contributed by atoms with Gasteiger partial charge in [-0.15, -0.1) is 0 Å². The molecule has 0 aromatic heterocycles. The van der Waals surface area contributed by atoms with E-state index in [1.54, 1.807) is 0 Å². The Morgan fingerprint density at radius 1 is 1.00 bits per heavy atom. The Bertz CT molecular complexity index is 627. The van der Waals surface area contributed by atoms with Crippen molar-refractivity contribution in [2.24, 2.45) is 0 Å². The third-order valence-electron chi connectivity index (χ3n) is 4.12. The van der Waals surface area contributed by atoms with E-state index in [2.05, 4.69) is 44.3 Å². The Morgan fingerprint density at radius 2 is 1.84 bits per heavy atom. The molecule has 0 aliphatic rings. The van der Waals surface area contributed by atoms with Crippen LogP contribution in [0.1, 0.15) is 45.1 Å². The molecule has 0 saturated carbocycles. The van der Waals surface area contributed by atoms with Gasteiger partial charge in [0.05, 0.1) is 13.2 Å². The molecule has 2 rings (SSSR count). The summed E-state index contributed by atoms with van der Waals surface area (Å²) in [5.41, 5.74) is 2.22. The zero-order chi connectivity index (χ0) is 17.9. The lowest BCUT2D eigenvalue weighted by Crippen LogP contribution is -2.23. The molecule has 2 aromatic rings. The van der Waals surface area contributed by atoms with Gasteiger partial charge in [0.25, 0.3) is 0 Å². The van der Waals surface area contributed by atoms with Gasteiger partial charge in [-0.1, -0.05) is 50.5 Å². The number of aryl methyl sites for hydroxylation is 1. The summed E-state index contributed by atoms with van der Waals surface area (Å²) in [7, 11) is 0. The van der Waals surface area contributed by atoms with Crippen molar-refractivity contribution in [2.45, 2.75) is 52.6 Å². The number of ether oxygens (including phenoxy) is 2. The third-order valence-corrected chi connectivity index (χ3v) is 4.12. The quantitative estimate of drug-likeness (QED) is 0.521. The number of para-hydroxylation sites is 1. The van der Waals surface area contributed by atoms with Crippen LogP contribution in [0.5, 0.6) is 11.5 Å². The van der Waals surface area contributed by atoms with E-state index in [-0.39, 0.29) is 6.10 Å². The lowest BCUT2D eigenvalue weighted by Gasteiger charge is -2.18. The fourth-order valence-corrected chi connectivity index (χ4v) is 2.62. The maximum absolute atomic E-state index is 6.01. The SMILES string of the molecule is CCCCCCOc1cccc(NCC(C)Oc2ccccc2C)c1. The second kappa shape index (κ2) is 10.7. The average molecular weight is 341 g/mol. The van der Waals surface area contributed by atoms with Crippen LogP contribution in [-0.4, -0.2) is 19.3 Å². The largest absolute Gasteiger partial charge is 0.494 e. The normalized spacial score (nSPS) is 11.8. The lowest BCUT2D eigenvalue weighted by atomic mass is 10.2. The molecule has 0 saturated heterocycles. The van der Waals surface area contributed by atoms with E-state index in [1.807, 2.05) is 30.3 Å². The highest BCUT2D eigenvalue weighted by atomic mass is 16.5. The molecule has 1 N–H and O–H groups in total. The Hall–Kier alpha value is -2.16. The molecule has 136 valence electrons. The number of unbranched alkanes of at least 4 members (excludes halogenated alkanes) is 3. The number of anilines is 1. The van der Waals surface area contributed by atoms with Crippen LogP contribution in [0.3, 0.4) is 0 Å². The molecular formula is C22H31NO2. The van der Waals surface area contributed by atoms with Crippen LogP contribution in [0, 0.1) is 6.92 Å². The fourth-order valence-electron chi connectivity index (χ4n) is 2.62. The van der Waals surface area contributed by atoms with Crippen LogP contribution in [0.4, 0.5) is 5.69 Å². The van der Waals surface area contributed by atoms with Gasteiger partial charge in [0.2, 0.25) is 0 Å². The van der Waals surface area contributed by atoms with Gasteiger partial charge in [-0.2, -0.15) is 0 Å². The summed E-state index contributed by atoms with van der Waals surface area (Å²) in [5.74, 6) is 1.87. The van der Waals surface area contributed by atoms with Crippen molar-refractivity contribution in [1.29, 1.82) is 0 Å². The molecular weight excluding hydrogens is 310 g/mol. The molecule has 0 heterocycles. The molecule has 0 amide bonds. The van der Waals surface area contributed by atoms with Crippen molar-refractivity contribution < 1.29 is 9.47 Å². The molecule has 0 spiro atoms. The van der Waals surface area contributed by atoms with Gasteiger partial charge in [-0.25, -0.2) is 0 Å². The van der Waals surface area contributed by atoms with Crippen molar-refractivity contribution in [2.75, 3.05) is 18.5 Å². The predicted octanol–water partition coefficient (Wildman–Crippen LogP) is 5.83. The minimum absolute atomic E-state index is 0.0831. The van der Waals surface area contributed by atoms with Crippen molar-refractivity contribution >= 4 is 5.69 Å². The van der Waals surface area contributed by atoms with Crippen molar-refractivity contribution in [3.63, 3.8) is 0 Å². The van der Waals surface area contributed by atoms with Crippen LogP contribution in [0.2, 0.25) is 0 Å². The van der Waals surface area contributed by atoms with E-state index in [1.165, 1.54) is 19.3 Å². The molecule has 0 radical (unpaired) electrons. The molecule has 3 nitrogen and oxygen atoms in total. The van der Waals surface area contributed by atoms with Gasteiger partial charge < -0.3 is 14.8 Å². The predicted molar refractivity (Wildman–Crippen MR) is 106 cm³/mol. The Balaban J connectivity index is 1.76. The minimum atomic E-state index is 0.0831. The summed E-state index contributed by atoms with van der Waals surface area (Å²) in [6.07, 6.45) is 4.97. The van der Waals surface area contributed by atoms with Gasteiger partial charge in [0.1, 0.15) is 17.6 Å². The maximum atomic E-state index is 6.01. The molecule has 0 bridgehead atoms. The number of hydrogen-bond donors (Lipinski definition) is 1. The molecule has 2 aromatic carbocycles. The number of hydrogen-bond acceptors (Lipinski definition) is 3. The van der Waals surface area contributed by atoms with Crippen molar-refractivity contribution in [1.82, 2.24) is 0 Å². The van der Waals surface area contributed by atoms with E-state index in [9.17, 15) is 0 Å². The highest BCUT2D eigenvalue weighted by molar-refractivity contribution is 5.48. The first-order chi connectivity index (χ1) is 12.2. The molecule has 1 unspecified atom stereocenters. The Kier molecular flexibility index (Phi) is 8.17. The van der Waals surface area contributed by atoms with Crippen LogP contribution >= 0.6 is 0 Å². The van der Waals surface area contributed by atoms with Gasteiger partial charge >= 0.3 is 0 Å². The minimum Gasteiger partial charge on any atom is -0.494 e. The molecule has 3 heteroatoms. The number of benzene rings is 2. The first kappa shape index (κ1) is 19.2. The number of nitrogens with one attached hydrogen (secondary N) is 1. The Labute approximate surface area is 152 Å². The van der Waals surface area contributed by atoms with Crippen LogP contribution in [0.25, 0.3) is 0 Å². The van der Waals surface area contributed by atoms with Gasteiger partial charge in [0.15, 0.2) is 0 Å². The summed E-state index contributed by atoms with van der Waals surface area (Å²) in [5, 5.41) is 3.43. The number of rotatable bonds is 11. The maximum Gasteiger partial charge on any atom is 0.122 e. The van der Waals surface area contributed by atoms with Gasteiger partial charge in [0, 0.05) is 11.8 Å². The van der Waals surface area contributed by atoms with Crippen LogP contribution in [-0.2, 0) is 0 Å². The summed E-state index contributed by atoms with van der Waals surface area (Å²) in [6, 6.07) is 16.3. The van der Waals surface area contributed by atoms with Crippen LogP contribution in [0.15, 0.2) is 48.5 Å². The summed E-state index contributed by atoms with van der Waals surface area (Å²) in [6.45, 7) is 7.90. The second-order valence-electron chi connectivity index (χ2n) is 6.51. The highest BCUT2D eigenvalue weighted by Gasteiger charge is 2.06. The molecule has 1 atom stereocenters. The summed E-state index contributed by atoms with van der Waals surface area (Å²) < 4.78 is 11.8. The fraction of sp³-hybridized carbons (Fsp3) is 0.455. The average Bonchev–Trinajstić information content (AvgIpc) is 2.62. The van der Waals surface area contributed by atoms with Crippen molar-refractivity contribution in [3.05, 3.63) is 54.1 Å². The lowest BCUT2D eigenvalue weighted by molar-refractivity contribution is 0.233. The highest BCUT2D eigenvalue weighted by Crippen LogP contribution is 2.20. The van der Waals surface area contributed by atoms with Gasteiger partial charge in [-0.05, 0) is 44.0 Å². The van der Waals surface area contributed by atoms with E-state index in [0.717, 1.165) is 42.3 Å². The molecule has 0 aliphatic carbocycles. The van der Waals surface area contributed by atoms with Crippen LogP contribution < -0.4 is 14.8 Å². The zero-order valence-electron chi connectivity index (χ0n) is 15.8. The first-order valence-electron chi connectivity index (χ1n) is 9.38. The van der Waals surface area contributed by atoms with E-state index < -0.39 is 0 Å². The Morgan fingerprint density at radius 3 is 2.64 bits per heavy atom.